The van der Waals surface area contributed by atoms with Crippen molar-refractivity contribution in [3.05, 3.63) is 0 Å². The fourth-order valence-electron chi connectivity index (χ4n) is 0.208. The van der Waals surface area contributed by atoms with Crippen LogP contribution in [0.2, 0.25) is 0 Å². The van der Waals surface area contributed by atoms with Gasteiger partial charge >= 0.3 is 0 Å². The third kappa shape index (κ3) is 0.792. The normalized spacial score (nSPS) is 24.0. The third-order valence-electron chi connectivity index (χ3n) is 0.405. The van der Waals surface area contributed by atoms with Gasteiger partial charge in [-0.05, 0) is 0 Å². The molecular formula is C2H5NOS. The van der Waals surface area contributed by atoms with Crippen molar-refractivity contribution in [3.8, 4) is 0 Å². The molecule has 0 aromatic heterocycles. The molecule has 1 saturated heterocycles. The maximum atomic E-state index is 4.75. The maximum absolute atomic E-state index is 4.75. The lowest BCUT2D eigenvalue weighted by Crippen LogP contribution is -2.03. The Kier molecular flexibility index (Phi) is 1.14. The predicted octanol–water partition coefficient (Wildman–Crippen LogP) is 0.169. The Morgan fingerprint density at radius 1 is 1.80 bits per heavy atom. The van der Waals surface area contributed by atoms with Crippen molar-refractivity contribution in [1.29, 1.82) is 0 Å². The smallest absolute Gasteiger partial charge is 0.112 e. The Morgan fingerprint density at radius 3 is 3.00 bits per heavy atom. The summed E-state index contributed by atoms with van der Waals surface area (Å²) < 4.78 is 4.75. The first-order chi connectivity index (χ1) is 2.50. The molecule has 1 rings (SSSR count). The number of rotatable bonds is 0. The van der Waals surface area contributed by atoms with E-state index in [2.05, 4.69) is 5.32 Å². The minimum atomic E-state index is 0.713. The van der Waals surface area contributed by atoms with E-state index in [9.17, 15) is 0 Å². The van der Waals surface area contributed by atoms with Crippen LogP contribution in [-0.4, -0.2) is 12.6 Å². The zero-order chi connectivity index (χ0) is 3.54. The van der Waals surface area contributed by atoms with Crippen LogP contribution in [-0.2, 0) is 4.18 Å². The van der Waals surface area contributed by atoms with Gasteiger partial charge in [-0.1, -0.05) is 0 Å². The highest BCUT2D eigenvalue weighted by Crippen LogP contribution is 2.02. The lowest BCUT2D eigenvalue weighted by atomic mass is 11.2. The van der Waals surface area contributed by atoms with Crippen molar-refractivity contribution in [1.82, 2.24) is 5.32 Å². The highest BCUT2D eigenvalue weighted by Gasteiger charge is 1.93. The molecule has 1 N–H and O–H groups in total. The van der Waals surface area contributed by atoms with Gasteiger partial charge in [0.15, 0.2) is 0 Å². The van der Waals surface area contributed by atoms with Crippen molar-refractivity contribution in [2.24, 2.45) is 0 Å². The number of hydrogen-bond acceptors (Lipinski definition) is 3. The minimum Gasteiger partial charge on any atom is -0.299 e. The van der Waals surface area contributed by atoms with Crippen LogP contribution >= 0.6 is 12.0 Å². The summed E-state index contributed by atoms with van der Waals surface area (Å²) in [5.74, 6) is 0.944. The van der Waals surface area contributed by atoms with E-state index >= 15 is 0 Å². The minimum absolute atomic E-state index is 0.713. The second-order valence-corrected chi connectivity index (χ2v) is 1.53. The molecule has 0 radical (unpaired) electrons. The Labute approximate surface area is 35.1 Å². The average Bonchev–Trinajstić information content (AvgIpc) is 1.76. The van der Waals surface area contributed by atoms with E-state index in [1.165, 1.54) is 12.0 Å². The molecule has 1 aliphatic rings. The Balaban J connectivity index is 2.08. The van der Waals surface area contributed by atoms with Gasteiger partial charge in [0.1, 0.15) is 6.73 Å². The summed E-state index contributed by atoms with van der Waals surface area (Å²) >= 11 is 1.46. The molecular weight excluding hydrogens is 86.1 g/mol. The summed E-state index contributed by atoms with van der Waals surface area (Å²) in [7, 11) is 0. The topological polar surface area (TPSA) is 21.3 Å². The van der Waals surface area contributed by atoms with E-state index in [1.807, 2.05) is 0 Å². The number of hydrogen-bond donors (Lipinski definition) is 1. The first-order valence-corrected chi connectivity index (χ1v) is 2.36. The van der Waals surface area contributed by atoms with Crippen LogP contribution in [0.1, 0.15) is 0 Å². The second kappa shape index (κ2) is 1.64. The van der Waals surface area contributed by atoms with E-state index in [1.54, 1.807) is 0 Å². The van der Waals surface area contributed by atoms with Gasteiger partial charge < -0.3 is 0 Å². The zero-order valence-corrected chi connectivity index (χ0v) is 3.55. The van der Waals surface area contributed by atoms with Gasteiger partial charge in [0, 0.05) is 12.0 Å². The highest BCUT2D eigenvalue weighted by molar-refractivity contribution is 7.94. The van der Waals surface area contributed by atoms with Gasteiger partial charge in [0.05, 0.1) is 5.88 Å². The number of nitrogens with one attached hydrogen (secondary N) is 1. The summed E-state index contributed by atoms with van der Waals surface area (Å²) in [5, 5.41) is 2.96. The lowest BCUT2D eigenvalue weighted by Gasteiger charge is -1.74. The van der Waals surface area contributed by atoms with Crippen LogP contribution in [0.4, 0.5) is 0 Å². The first-order valence-electron chi connectivity index (χ1n) is 1.45. The third-order valence-corrected chi connectivity index (χ3v) is 1.01. The summed E-state index contributed by atoms with van der Waals surface area (Å²) in [6.07, 6.45) is 0. The Hall–Kier alpha value is 0.270. The monoisotopic (exact) mass is 91.0 g/mol. The molecule has 0 saturated carbocycles. The second-order valence-electron chi connectivity index (χ2n) is 0.774. The molecule has 3 heteroatoms. The maximum Gasteiger partial charge on any atom is 0.112 e. The van der Waals surface area contributed by atoms with Crippen molar-refractivity contribution in [3.63, 3.8) is 0 Å². The molecule has 0 spiro atoms. The van der Waals surface area contributed by atoms with E-state index < -0.39 is 0 Å². The summed E-state index contributed by atoms with van der Waals surface area (Å²) in [6, 6.07) is 0. The molecule has 2 nitrogen and oxygen atoms in total. The SMILES string of the molecule is C1NCSO1. The van der Waals surface area contributed by atoms with Gasteiger partial charge in [-0.3, -0.25) is 9.50 Å². The van der Waals surface area contributed by atoms with Crippen LogP contribution in [0.5, 0.6) is 0 Å². The fourth-order valence-corrected chi connectivity index (χ4v) is 0.625. The average molecular weight is 91.1 g/mol. The largest absolute Gasteiger partial charge is 0.299 e. The van der Waals surface area contributed by atoms with E-state index in [0.717, 1.165) is 5.88 Å². The Morgan fingerprint density at radius 2 is 2.80 bits per heavy atom. The quantitative estimate of drug-likeness (QED) is 0.429. The zero-order valence-electron chi connectivity index (χ0n) is 2.73. The molecule has 0 aromatic rings. The molecule has 1 fully saturated rings. The Bertz CT molecular complexity index is 21.2. The molecule has 0 aromatic carbocycles. The van der Waals surface area contributed by atoms with Gasteiger partial charge in [-0.15, -0.1) is 0 Å². The molecule has 1 aliphatic heterocycles. The first kappa shape index (κ1) is 3.46. The van der Waals surface area contributed by atoms with Crippen molar-refractivity contribution in [2.45, 2.75) is 0 Å². The predicted molar refractivity (Wildman–Crippen MR) is 21.5 cm³/mol. The summed E-state index contributed by atoms with van der Waals surface area (Å²) in [4.78, 5) is 0. The summed E-state index contributed by atoms with van der Waals surface area (Å²) in [6.45, 7) is 0.713. The molecule has 0 aliphatic carbocycles. The van der Waals surface area contributed by atoms with E-state index in [0.29, 0.717) is 6.73 Å². The lowest BCUT2D eigenvalue weighted by molar-refractivity contribution is 0.378. The molecule has 0 amide bonds. The van der Waals surface area contributed by atoms with Crippen LogP contribution in [0.15, 0.2) is 0 Å². The van der Waals surface area contributed by atoms with Crippen molar-refractivity contribution < 1.29 is 4.18 Å². The molecule has 30 valence electrons. The highest BCUT2D eigenvalue weighted by atomic mass is 32.2. The van der Waals surface area contributed by atoms with Gasteiger partial charge in [0.2, 0.25) is 0 Å². The molecule has 0 atom stereocenters. The van der Waals surface area contributed by atoms with Crippen molar-refractivity contribution in [2.75, 3.05) is 12.6 Å². The van der Waals surface area contributed by atoms with Crippen LogP contribution < -0.4 is 5.32 Å². The molecule has 0 bridgehead atoms. The fraction of sp³-hybridized carbons (Fsp3) is 1.00. The standard InChI is InChI=1S/C2H5NOS/c1-3-2-5-4-1/h3H,1-2H2. The molecule has 5 heavy (non-hydrogen) atoms. The molecule has 0 unspecified atom stereocenters. The summed E-state index contributed by atoms with van der Waals surface area (Å²) in [5.41, 5.74) is 0. The van der Waals surface area contributed by atoms with Gasteiger partial charge in [0.25, 0.3) is 0 Å². The van der Waals surface area contributed by atoms with E-state index in [-0.39, 0.29) is 0 Å². The van der Waals surface area contributed by atoms with Gasteiger partial charge in [-0.2, -0.15) is 0 Å². The van der Waals surface area contributed by atoms with Crippen LogP contribution in [0.3, 0.4) is 0 Å². The van der Waals surface area contributed by atoms with Crippen LogP contribution in [0, 0.1) is 0 Å². The van der Waals surface area contributed by atoms with Crippen molar-refractivity contribution >= 4 is 12.0 Å². The van der Waals surface area contributed by atoms with Gasteiger partial charge in [-0.25, -0.2) is 0 Å². The van der Waals surface area contributed by atoms with E-state index in [4.69, 9.17) is 4.18 Å². The van der Waals surface area contributed by atoms with Crippen LogP contribution in [0.25, 0.3) is 0 Å². The molecule has 1 heterocycles.